The SMILES string of the molecule is CCCCCCCCC=CCCCCCCCCNCCNCCCCCCCCCCCCCCCCCC. The van der Waals surface area contributed by atoms with E-state index in [2.05, 4.69) is 36.6 Å². The van der Waals surface area contributed by atoms with Gasteiger partial charge in [0.15, 0.2) is 0 Å². The summed E-state index contributed by atoms with van der Waals surface area (Å²) in [5.74, 6) is 0. The number of unbranched alkanes of at least 4 members (excludes halogenated alkanes) is 27. The number of allylic oxidation sites excluding steroid dienone is 2. The molecule has 0 fully saturated rings. The Morgan fingerprint density at radius 2 is 0.525 bits per heavy atom. The summed E-state index contributed by atoms with van der Waals surface area (Å²) in [5, 5.41) is 7.24. The third kappa shape index (κ3) is 37.7. The van der Waals surface area contributed by atoms with Crippen molar-refractivity contribution in [3.05, 3.63) is 12.2 Å². The maximum Gasteiger partial charge on any atom is 0.00767 e. The fourth-order valence-corrected chi connectivity index (χ4v) is 5.72. The van der Waals surface area contributed by atoms with Crippen molar-refractivity contribution in [2.45, 2.75) is 206 Å². The zero-order chi connectivity index (χ0) is 28.9. The highest BCUT2D eigenvalue weighted by Crippen LogP contribution is 2.14. The highest BCUT2D eigenvalue weighted by atomic mass is 14.9. The lowest BCUT2D eigenvalue weighted by Gasteiger charge is -2.07. The molecule has 0 rings (SSSR count). The number of hydrogen-bond acceptors (Lipinski definition) is 2. The molecule has 0 spiro atoms. The molecule has 40 heavy (non-hydrogen) atoms. The van der Waals surface area contributed by atoms with Crippen LogP contribution in [0, 0.1) is 0 Å². The molecule has 2 N–H and O–H groups in total. The van der Waals surface area contributed by atoms with Gasteiger partial charge in [-0.05, 0) is 51.6 Å². The molecule has 0 radical (unpaired) electrons. The molecule has 0 saturated carbocycles. The van der Waals surface area contributed by atoms with Crippen LogP contribution < -0.4 is 10.6 Å². The van der Waals surface area contributed by atoms with Gasteiger partial charge >= 0.3 is 0 Å². The van der Waals surface area contributed by atoms with Crippen molar-refractivity contribution in [2.24, 2.45) is 0 Å². The molecule has 0 aliphatic carbocycles. The number of hydrogen-bond donors (Lipinski definition) is 2. The van der Waals surface area contributed by atoms with Crippen LogP contribution in [0.15, 0.2) is 12.2 Å². The highest BCUT2D eigenvalue weighted by molar-refractivity contribution is 4.81. The van der Waals surface area contributed by atoms with Crippen LogP contribution >= 0.6 is 0 Å². The van der Waals surface area contributed by atoms with E-state index in [9.17, 15) is 0 Å². The topological polar surface area (TPSA) is 24.1 Å². The van der Waals surface area contributed by atoms with Crippen LogP contribution in [-0.4, -0.2) is 26.2 Å². The maximum absolute atomic E-state index is 3.62. The van der Waals surface area contributed by atoms with Gasteiger partial charge in [-0.15, -0.1) is 0 Å². The van der Waals surface area contributed by atoms with E-state index >= 15 is 0 Å². The van der Waals surface area contributed by atoms with E-state index < -0.39 is 0 Å². The number of rotatable bonds is 36. The van der Waals surface area contributed by atoms with Crippen LogP contribution in [0.25, 0.3) is 0 Å². The van der Waals surface area contributed by atoms with Crippen molar-refractivity contribution in [3.8, 4) is 0 Å². The van der Waals surface area contributed by atoms with E-state index in [-0.39, 0.29) is 0 Å². The summed E-state index contributed by atoms with van der Waals surface area (Å²) in [6, 6.07) is 0. The van der Waals surface area contributed by atoms with E-state index in [4.69, 9.17) is 0 Å². The van der Waals surface area contributed by atoms with Gasteiger partial charge in [-0.1, -0.05) is 180 Å². The summed E-state index contributed by atoms with van der Waals surface area (Å²) in [7, 11) is 0. The zero-order valence-corrected chi connectivity index (χ0v) is 28.2. The van der Waals surface area contributed by atoms with Crippen molar-refractivity contribution in [1.82, 2.24) is 10.6 Å². The maximum atomic E-state index is 3.62. The summed E-state index contributed by atoms with van der Waals surface area (Å²) < 4.78 is 0. The molecular weight excluding hydrogens is 484 g/mol. The smallest absolute Gasteiger partial charge is 0.00767 e. The molecule has 240 valence electrons. The third-order valence-corrected chi connectivity index (χ3v) is 8.55. The lowest BCUT2D eigenvalue weighted by Crippen LogP contribution is -2.28. The van der Waals surface area contributed by atoms with E-state index in [0.717, 1.165) is 13.1 Å². The Morgan fingerprint density at radius 1 is 0.275 bits per heavy atom. The Morgan fingerprint density at radius 3 is 0.825 bits per heavy atom. The summed E-state index contributed by atoms with van der Waals surface area (Å²) in [4.78, 5) is 0. The normalized spacial score (nSPS) is 11.8. The van der Waals surface area contributed by atoms with Gasteiger partial charge in [0.1, 0.15) is 0 Å². The molecule has 2 heteroatoms. The minimum atomic E-state index is 1.13. The standard InChI is InChI=1S/C38H78N2/c1-3-5-7-9-11-13-15-17-19-21-23-25-27-29-31-33-35-39-37-38-40-36-34-32-30-28-26-24-22-20-18-16-14-12-10-8-6-4-2/h17,19,39-40H,3-16,18,20-38H2,1-2H3. The molecule has 0 atom stereocenters. The molecule has 0 saturated heterocycles. The highest BCUT2D eigenvalue weighted by Gasteiger charge is 1.96. The van der Waals surface area contributed by atoms with E-state index in [1.165, 1.54) is 206 Å². The third-order valence-electron chi connectivity index (χ3n) is 8.55. The second kappa shape index (κ2) is 38.7. The van der Waals surface area contributed by atoms with Gasteiger partial charge in [0, 0.05) is 13.1 Å². The fraction of sp³-hybridized carbons (Fsp3) is 0.947. The van der Waals surface area contributed by atoms with Gasteiger partial charge in [0.05, 0.1) is 0 Å². The fourth-order valence-electron chi connectivity index (χ4n) is 5.72. The largest absolute Gasteiger partial charge is 0.315 e. The predicted molar refractivity (Wildman–Crippen MR) is 185 cm³/mol. The Balaban J connectivity index is 3.05. The quantitative estimate of drug-likeness (QED) is 0.0586. The van der Waals surface area contributed by atoms with Crippen LogP contribution in [0.2, 0.25) is 0 Å². The van der Waals surface area contributed by atoms with Gasteiger partial charge in [-0.25, -0.2) is 0 Å². The second-order valence-corrected chi connectivity index (χ2v) is 12.7. The average Bonchev–Trinajstić information content (AvgIpc) is 2.97. The predicted octanol–water partition coefficient (Wildman–Crippen LogP) is 12.5. The first-order valence-corrected chi connectivity index (χ1v) is 19.0. The molecule has 2 nitrogen and oxygen atoms in total. The monoisotopic (exact) mass is 563 g/mol. The van der Waals surface area contributed by atoms with Crippen molar-refractivity contribution in [3.63, 3.8) is 0 Å². The zero-order valence-electron chi connectivity index (χ0n) is 28.2. The molecule has 0 aromatic rings. The van der Waals surface area contributed by atoms with E-state index in [0.29, 0.717) is 0 Å². The van der Waals surface area contributed by atoms with Crippen molar-refractivity contribution >= 4 is 0 Å². The first kappa shape index (κ1) is 39.7. The van der Waals surface area contributed by atoms with Gasteiger partial charge in [-0.2, -0.15) is 0 Å². The van der Waals surface area contributed by atoms with E-state index in [1.54, 1.807) is 0 Å². The van der Waals surface area contributed by atoms with Crippen molar-refractivity contribution in [1.29, 1.82) is 0 Å². The summed E-state index contributed by atoms with van der Waals surface area (Å²) in [6.07, 6.45) is 47.5. The molecule has 0 aliphatic rings. The van der Waals surface area contributed by atoms with Gasteiger partial charge in [0.2, 0.25) is 0 Å². The van der Waals surface area contributed by atoms with Crippen LogP contribution in [0.4, 0.5) is 0 Å². The Kier molecular flexibility index (Phi) is 38.3. The minimum Gasteiger partial charge on any atom is -0.315 e. The average molecular weight is 563 g/mol. The van der Waals surface area contributed by atoms with Gasteiger partial charge in [0.25, 0.3) is 0 Å². The Bertz CT molecular complexity index is 447. The Labute approximate surface area is 255 Å². The lowest BCUT2D eigenvalue weighted by molar-refractivity contribution is 0.521. The molecule has 0 aliphatic heterocycles. The minimum absolute atomic E-state index is 1.13. The lowest BCUT2D eigenvalue weighted by atomic mass is 10.0. The molecule has 0 heterocycles. The van der Waals surface area contributed by atoms with E-state index in [1.807, 2.05) is 0 Å². The molecule has 0 aromatic heterocycles. The summed E-state index contributed by atoms with van der Waals surface area (Å²) in [5.41, 5.74) is 0. The van der Waals surface area contributed by atoms with Crippen LogP contribution in [-0.2, 0) is 0 Å². The van der Waals surface area contributed by atoms with Crippen LogP contribution in [0.1, 0.15) is 206 Å². The molecule has 0 bridgehead atoms. The van der Waals surface area contributed by atoms with Crippen LogP contribution in [0.3, 0.4) is 0 Å². The summed E-state index contributed by atoms with van der Waals surface area (Å²) in [6.45, 7) is 9.26. The molecule has 0 unspecified atom stereocenters. The van der Waals surface area contributed by atoms with Crippen molar-refractivity contribution in [2.75, 3.05) is 26.2 Å². The molecular formula is C38H78N2. The van der Waals surface area contributed by atoms with Gasteiger partial charge in [-0.3, -0.25) is 0 Å². The molecule has 0 aromatic carbocycles. The summed E-state index contributed by atoms with van der Waals surface area (Å²) >= 11 is 0. The molecule has 0 amide bonds. The second-order valence-electron chi connectivity index (χ2n) is 12.7. The van der Waals surface area contributed by atoms with Crippen molar-refractivity contribution < 1.29 is 0 Å². The first-order chi connectivity index (χ1) is 19.9. The van der Waals surface area contributed by atoms with Crippen LogP contribution in [0.5, 0.6) is 0 Å². The number of nitrogens with one attached hydrogen (secondary N) is 2. The first-order valence-electron chi connectivity index (χ1n) is 19.0. The van der Waals surface area contributed by atoms with Gasteiger partial charge < -0.3 is 10.6 Å². The Hall–Kier alpha value is -0.340.